The van der Waals surface area contributed by atoms with Crippen LogP contribution >= 0.6 is 0 Å². The summed E-state index contributed by atoms with van der Waals surface area (Å²) in [7, 11) is 2.00. The minimum absolute atomic E-state index is 0.273. The number of likely N-dealkylation sites (N-methyl/N-ethyl adjacent to an activating group) is 2. The first-order valence-electron chi connectivity index (χ1n) is 7.33. The van der Waals surface area contributed by atoms with Gasteiger partial charge in [-0.1, -0.05) is 6.42 Å². The number of hydrogen-bond donors (Lipinski definition) is 1. The molecule has 1 rings (SSSR count). The molecular formula is C14H29N3O. The fourth-order valence-corrected chi connectivity index (χ4v) is 2.82. The average molecular weight is 255 g/mol. The Bertz CT molecular complexity index is 253. The summed E-state index contributed by atoms with van der Waals surface area (Å²) in [4.78, 5) is 16.5. The Morgan fingerprint density at radius 1 is 1.39 bits per heavy atom. The van der Waals surface area contributed by atoms with E-state index in [1.165, 1.54) is 19.3 Å². The molecule has 1 heterocycles. The lowest BCUT2D eigenvalue weighted by atomic mass is 9.96. The highest BCUT2D eigenvalue weighted by Crippen LogP contribution is 2.19. The van der Waals surface area contributed by atoms with Crippen LogP contribution in [0.2, 0.25) is 0 Å². The van der Waals surface area contributed by atoms with Crippen molar-refractivity contribution in [2.75, 3.05) is 33.2 Å². The summed E-state index contributed by atoms with van der Waals surface area (Å²) in [6, 6.07) is 0.957. The van der Waals surface area contributed by atoms with Gasteiger partial charge in [0.2, 0.25) is 5.91 Å². The minimum Gasteiger partial charge on any atom is -0.342 e. The third kappa shape index (κ3) is 3.95. The van der Waals surface area contributed by atoms with Crippen molar-refractivity contribution in [3.8, 4) is 0 Å². The molecule has 1 aliphatic rings. The van der Waals surface area contributed by atoms with E-state index in [-0.39, 0.29) is 5.91 Å². The van der Waals surface area contributed by atoms with E-state index in [4.69, 9.17) is 0 Å². The van der Waals surface area contributed by atoms with Crippen LogP contribution in [0.3, 0.4) is 0 Å². The fraction of sp³-hybridized carbons (Fsp3) is 0.929. The zero-order valence-electron chi connectivity index (χ0n) is 12.4. The van der Waals surface area contributed by atoms with E-state index in [1.54, 1.807) is 0 Å². The van der Waals surface area contributed by atoms with Gasteiger partial charge in [0, 0.05) is 25.2 Å². The Labute approximate surface area is 112 Å². The highest BCUT2D eigenvalue weighted by molar-refractivity contribution is 5.78. The van der Waals surface area contributed by atoms with E-state index in [9.17, 15) is 4.79 Å². The number of likely N-dealkylation sites (tertiary alicyclic amines) is 1. The van der Waals surface area contributed by atoms with E-state index in [0.29, 0.717) is 18.6 Å². The molecule has 106 valence electrons. The Kier molecular flexibility index (Phi) is 6.65. The molecule has 0 saturated carbocycles. The normalized spacial score (nSPS) is 22.8. The van der Waals surface area contributed by atoms with Gasteiger partial charge in [0.25, 0.3) is 0 Å². The number of carbonyl (C=O) groups is 1. The number of rotatable bonds is 6. The maximum Gasteiger partial charge on any atom is 0.236 e. The van der Waals surface area contributed by atoms with E-state index >= 15 is 0 Å². The molecule has 0 spiro atoms. The second-order valence-electron chi connectivity index (χ2n) is 5.18. The third-order valence-corrected chi connectivity index (χ3v) is 4.15. The first-order valence-corrected chi connectivity index (χ1v) is 7.33. The topological polar surface area (TPSA) is 35.6 Å². The predicted octanol–water partition coefficient (Wildman–Crippen LogP) is 1.32. The first-order chi connectivity index (χ1) is 8.63. The van der Waals surface area contributed by atoms with Gasteiger partial charge in [0.15, 0.2) is 0 Å². The Hall–Kier alpha value is -0.610. The van der Waals surface area contributed by atoms with Crippen LogP contribution in [0.25, 0.3) is 0 Å². The van der Waals surface area contributed by atoms with Crippen molar-refractivity contribution in [2.24, 2.45) is 0 Å². The van der Waals surface area contributed by atoms with Crippen molar-refractivity contribution in [3.05, 3.63) is 0 Å². The van der Waals surface area contributed by atoms with E-state index in [1.807, 2.05) is 25.8 Å². The molecule has 1 amide bonds. The maximum atomic E-state index is 12.2. The van der Waals surface area contributed by atoms with Crippen molar-refractivity contribution in [1.82, 2.24) is 15.1 Å². The molecule has 0 aliphatic carbocycles. The number of nitrogens with zero attached hydrogens (tertiary/aromatic N) is 2. The molecule has 1 aliphatic heterocycles. The van der Waals surface area contributed by atoms with Gasteiger partial charge in [-0.05, 0) is 47.2 Å². The van der Waals surface area contributed by atoms with Gasteiger partial charge in [-0.25, -0.2) is 0 Å². The van der Waals surface area contributed by atoms with Crippen molar-refractivity contribution in [1.29, 1.82) is 0 Å². The van der Waals surface area contributed by atoms with Crippen LogP contribution in [0.1, 0.15) is 40.0 Å². The SMILES string of the molecule is CCN(CC)C(=O)CN1CCCCC1C(C)NC. The largest absolute Gasteiger partial charge is 0.342 e. The van der Waals surface area contributed by atoms with Crippen LogP contribution in [0.5, 0.6) is 0 Å². The fourth-order valence-electron chi connectivity index (χ4n) is 2.82. The van der Waals surface area contributed by atoms with Gasteiger partial charge in [0.05, 0.1) is 6.54 Å². The molecule has 4 heteroatoms. The molecule has 1 N–H and O–H groups in total. The summed E-state index contributed by atoms with van der Waals surface area (Å²) >= 11 is 0. The van der Waals surface area contributed by atoms with Crippen molar-refractivity contribution in [3.63, 3.8) is 0 Å². The molecule has 0 radical (unpaired) electrons. The van der Waals surface area contributed by atoms with E-state index < -0.39 is 0 Å². The van der Waals surface area contributed by atoms with Gasteiger partial charge < -0.3 is 10.2 Å². The maximum absolute atomic E-state index is 12.2. The van der Waals surface area contributed by atoms with Gasteiger partial charge in [0.1, 0.15) is 0 Å². The monoisotopic (exact) mass is 255 g/mol. The van der Waals surface area contributed by atoms with Crippen LogP contribution in [-0.2, 0) is 4.79 Å². The van der Waals surface area contributed by atoms with Gasteiger partial charge in [-0.15, -0.1) is 0 Å². The number of amides is 1. The summed E-state index contributed by atoms with van der Waals surface area (Å²) in [6.45, 7) is 9.58. The lowest BCUT2D eigenvalue weighted by Gasteiger charge is -2.39. The van der Waals surface area contributed by atoms with Crippen molar-refractivity contribution in [2.45, 2.75) is 52.1 Å². The highest BCUT2D eigenvalue weighted by Gasteiger charge is 2.28. The molecule has 0 aromatic rings. The average Bonchev–Trinajstić information content (AvgIpc) is 2.40. The van der Waals surface area contributed by atoms with Crippen LogP contribution in [0.4, 0.5) is 0 Å². The Morgan fingerprint density at radius 2 is 2.06 bits per heavy atom. The second-order valence-corrected chi connectivity index (χ2v) is 5.18. The molecule has 0 aromatic carbocycles. The Balaban J connectivity index is 2.58. The number of hydrogen-bond acceptors (Lipinski definition) is 3. The molecule has 0 aromatic heterocycles. The lowest BCUT2D eigenvalue weighted by Crippen LogP contribution is -2.53. The molecule has 1 saturated heterocycles. The molecular weight excluding hydrogens is 226 g/mol. The van der Waals surface area contributed by atoms with E-state index in [0.717, 1.165) is 19.6 Å². The molecule has 2 atom stereocenters. The van der Waals surface area contributed by atoms with Crippen molar-refractivity contribution >= 4 is 5.91 Å². The van der Waals surface area contributed by atoms with Gasteiger partial charge >= 0.3 is 0 Å². The molecule has 2 unspecified atom stereocenters. The zero-order chi connectivity index (χ0) is 13.5. The first kappa shape index (κ1) is 15.4. The van der Waals surface area contributed by atoms with Crippen LogP contribution < -0.4 is 5.32 Å². The van der Waals surface area contributed by atoms with Crippen LogP contribution in [0.15, 0.2) is 0 Å². The van der Waals surface area contributed by atoms with E-state index in [2.05, 4.69) is 17.1 Å². The summed E-state index contributed by atoms with van der Waals surface area (Å²) < 4.78 is 0. The predicted molar refractivity (Wildman–Crippen MR) is 75.7 cm³/mol. The Morgan fingerprint density at radius 3 is 2.61 bits per heavy atom. The molecule has 0 bridgehead atoms. The number of carbonyl (C=O) groups excluding carboxylic acids is 1. The third-order valence-electron chi connectivity index (χ3n) is 4.15. The highest BCUT2D eigenvalue weighted by atomic mass is 16.2. The minimum atomic E-state index is 0.273. The quantitative estimate of drug-likeness (QED) is 0.777. The van der Waals surface area contributed by atoms with Gasteiger partial charge in [-0.2, -0.15) is 0 Å². The number of nitrogens with one attached hydrogen (secondary N) is 1. The second kappa shape index (κ2) is 7.74. The smallest absolute Gasteiger partial charge is 0.236 e. The lowest BCUT2D eigenvalue weighted by molar-refractivity contribution is -0.133. The van der Waals surface area contributed by atoms with Crippen LogP contribution in [-0.4, -0.2) is 61.0 Å². The molecule has 1 fully saturated rings. The van der Waals surface area contributed by atoms with Crippen molar-refractivity contribution < 1.29 is 4.79 Å². The summed E-state index contributed by atoms with van der Waals surface area (Å²) in [6.07, 6.45) is 3.71. The van der Waals surface area contributed by atoms with Gasteiger partial charge in [-0.3, -0.25) is 9.69 Å². The summed E-state index contributed by atoms with van der Waals surface area (Å²) in [5.74, 6) is 0.273. The number of piperidine rings is 1. The summed E-state index contributed by atoms with van der Waals surface area (Å²) in [5, 5.41) is 3.33. The molecule has 4 nitrogen and oxygen atoms in total. The van der Waals surface area contributed by atoms with Crippen LogP contribution in [0, 0.1) is 0 Å². The summed E-state index contributed by atoms with van der Waals surface area (Å²) in [5.41, 5.74) is 0. The molecule has 18 heavy (non-hydrogen) atoms. The zero-order valence-corrected chi connectivity index (χ0v) is 12.4. The standard InChI is InChI=1S/C14H29N3O/c1-5-16(6-2)14(18)11-17-10-8-7-9-13(17)12(3)15-4/h12-13,15H,5-11H2,1-4H3.